The molecule has 2 aromatic carbocycles. The molecule has 5 N–H and O–H groups in total. The third-order valence-corrected chi connectivity index (χ3v) is 3.51. The van der Waals surface area contributed by atoms with Crippen LogP contribution < -0.4 is 40.6 Å². The Balaban J connectivity index is 0.00000180. The van der Waals surface area contributed by atoms with Gasteiger partial charge in [0.1, 0.15) is 10.1 Å². The Hall–Kier alpha value is -0.670. The quantitative estimate of drug-likeness (QED) is 0.469. The van der Waals surface area contributed by atoms with Crippen LogP contribution in [0.25, 0.3) is 10.8 Å². The van der Waals surface area contributed by atoms with Gasteiger partial charge in [-0.3, -0.25) is 0 Å². The molecule has 0 saturated heterocycles. The molecule has 20 heavy (non-hydrogen) atoms. The molecule has 0 heterocycles. The number of benzene rings is 2. The Labute approximate surface area is 139 Å². The summed E-state index contributed by atoms with van der Waals surface area (Å²) in [6.07, 6.45) is 0. The average Bonchev–Trinajstić information content (AvgIpc) is 2.34. The molecule has 104 valence electrons. The van der Waals surface area contributed by atoms with Crippen LogP contribution in [-0.4, -0.2) is 31.5 Å². The summed E-state index contributed by atoms with van der Waals surface area (Å²) >= 11 is 0. The van der Waals surface area contributed by atoms with Gasteiger partial charge in [0.05, 0.1) is 4.90 Å². The van der Waals surface area contributed by atoms with Crippen LogP contribution >= 0.6 is 0 Å². The molecule has 0 aliphatic rings. The summed E-state index contributed by atoms with van der Waals surface area (Å²) in [5, 5.41) is 4.22. The van der Waals surface area contributed by atoms with Crippen molar-refractivity contribution in [2.75, 3.05) is 18.4 Å². The fourth-order valence-electron chi connectivity index (χ4n) is 1.86. The van der Waals surface area contributed by atoms with Crippen molar-refractivity contribution in [3.05, 3.63) is 36.4 Å². The van der Waals surface area contributed by atoms with Gasteiger partial charge in [-0.05, 0) is 12.1 Å². The van der Waals surface area contributed by atoms with Crippen LogP contribution in [0.1, 0.15) is 0 Å². The van der Waals surface area contributed by atoms with Crippen LogP contribution in [0.5, 0.6) is 0 Å². The van der Waals surface area contributed by atoms with Crippen molar-refractivity contribution in [3.8, 4) is 0 Å². The van der Waals surface area contributed by atoms with E-state index >= 15 is 0 Å². The summed E-state index contributed by atoms with van der Waals surface area (Å²) in [5.41, 5.74) is 6.18. The second-order valence-electron chi connectivity index (χ2n) is 3.83. The molecule has 8 heteroatoms. The minimum absolute atomic E-state index is 0. The summed E-state index contributed by atoms with van der Waals surface area (Å²) in [5.74, 6) is 0. The van der Waals surface area contributed by atoms with Crippen molar-refractivity contribution >= 4 is 26.6 Å². The van der Waals surface area contributed by atoms with Crippen LogP contribution in [-0.2, 0) is 10.1 Å². The van der Waals surface area contributed by atoms with E-state index in [1.807, 2.05) is 6.07 Å². The topological polar surface area (TPSA) is 127 Å². The van der Waals surface area contributed by atoms with E-state index in [0.717, 1.165) is 5.69 Å². The zero-order chi connectivity index (χ0) is 13.2. The first-order valence-corrected chi connectivity index (χ1v) is 6.86. The monoisotopic (exact) mass is 306 g/mol. The maximum atomic E-state index is 11.2. The molecular weight excluding hydrogens is 291 g/mol. The molecule has 0 atom stereocenters. The Kier molecular flexibility index (Phi) is 7.67. The number of hydrogen-bond donors (Lipinski definition) is 2. The number of anilines is 1. The van der Waals surface area contributed by atoms with Crippen LogP contribution in [0.4, 0.5) is 5.69 Å². The zero-order valence-corrected chi connectivity index (χ0v) is 13.9. The van der Waals surface area contributed by atoms with Crippen LogP contribution in [0, 0.1) is 0 Å². The molecule has 0 aliphatic carbocycles. The van der Waals surface area contributed by atoms with Crippen molar-refractivity contribution < 1.29 is 48.0 Å². The molecule has 0 fully saturated rings. The normalized spacial score (nSPS) is 10.5. The maximum absolute atomic E-state index is 11.2. The molecule has 2 rings (SSSR count). The predicted octanol–water partition coefficient (Wildman–Crippen LogP) is -2.71. The molecule has 6 nitrogen and oxygen atoms in total. The van der Waals surface area contributed by atoms with Gasteiger partial charge in [-0.15, -0.1) is 0 Å². The number of rotatable bonds is 4. The third kappa shape index (κ3) is 4.16. The molecule has 0 aliphatic heterocycles. The molecule has 0 radical (unpaired) electrons. The van der Waals surface area contributed by atoms with E-state index in [0.29, 0.717) is 23.9 Å². The fourth-order valence-corrected chi connectivity index (χ4v) is 2.55. The van der Waals surface area contributed by atoms with Crippen molar-refractivity contribution in [1.29, 1.82) is 0 Å². The van der Waals surface area contributed by atoms with E-state index in [-0.39, 0.29) is 39.9 Å². The summed E-state index contributed by atoms with van der Waals surface area (Å²) in [6.45, 7) is 1.05. The molecule has 0 amide bonds. The van der Waals surface area contributed by atoms with Gasteiger partial charge in [0.25, 0.3) is 0 Å². The smallest absolute Gasteiger partial charge is 0.744 e. The zero-order valence-electron chi connectivity index (χ0n) is 11.1. The van der Waals surface area contributed by atoms with E-state index in [9.17, 15) is 13.0 Å². The van der Waals surface area contributed by atoms with Gasteiger partial charge < -0.3 is 21.1 Å². The van der Waals surface area contributed by atoms with Crippen molar-refractivity contribution in [2.45, 2.75) is 4.90 Å². The van der Waals surface area contributed by atoms with Gasteiger partial charge in [0.2, 0.25) is 0 Å². The number of nitrogens with two attached hydrogens (primary N) is 1. The molecule has 0 spiro atoms. The minimum Gasteiger partial charge on any atom is -0.744 e. The summed E-state index contributed by atoms with van der Waals surface area (Å²) in [7, 11) is -4.47. The Bertz CT molecular complexity index is 676. The molecule has 2 aromatic rings. The van der Waals surface area contributed by atoms with Gasteiger partial charge >= 0.3 is 29.6 Å². The third-order valence-electron chi connectivity index (χ3n) is 2.61. The first-order chi connectivity index (χ1) is 8.54. The van der Waals surface area contributed by atoms with Crippen molar-refractivity contribution in [2.24, 2.45) is 5.73 Å². The van der Waals surface area contributed by atoms with E-state index in [4.69, 9.17) is 5.73 Å². The number of fused-ring (bicyclic) bond motifs is 1. The Morgan fingerprint density at radius 3 is 2.30 bits per heavy atom. The Morgan fingerprint density at radius 2 is 1.70 bits per heavy atom. The van der Waals surface area contributed by atoms with Gasteiger partial charge in [0, 0.05) is 29.5 Å². The van der Waals surface area contributed by atoms with Crippen molar-refractivity contribution in [1.82, 2.24) is 0 Å². The standard InChI is InChI=1S/C12H14N2O3S.Na.H2O/c13-7-8-14-11-5-1-4-10-9(11)3-2-6-12(10)18(15,16)17;;/h1-6,14H,7-8,13H2,(H,15,16,17);;1H2/q;+1;/p-1. The average molecular weight is 306 g/mol. The minimum atomic E-state index is -4.47. The SMILES string of the molecule is NCCNc1cccc2c(S(=O)(=O)[O-])cccc12.O.[Na+]. The van der Waals surface area contributed by atoms with E-state index in [2.05, 4.69) is 5.32 Å². The van der Waals surface area contributed by atoms with Gasteiger partial charge in [0.15, 0.2) is 0 Å². The molecule has 0 bridgehead atoms. The summed E-state index contributed by atoms with van der Waals surface area (Å²) in [4.78, 5) is -0.198. The Morgan fingerprint density at radius 1 is 1.10 bits per heavy atom. The summed E-state index contributed by atoms with van der Waals surface area (Å²) in [6, 6.07) is 9.78. The molecular formula is C12H15N2NaO4S. The predicted molar refractivity (Wildman–Crippen MR) is 73.1 cm³/mol. The van der Waals surface area contributed by atoms with E-state index in [1.165, 1.54) is 6.07 Å². The first kappa shape index (κ1) is 19.3. The van der Waals surface area contributed by atoms with Gasteiger partial charge in [-0.25, -0.2) is 8.42 Å². The maximum Gasteiger partial charge on any atom is 1.00 e. The van der Waals surface area contributed by atoms with Gasteiger partial charge in [-0.1, -0.05) is 24.3 Å². The first-order valence-electron chi connectivity index (χ1n) is 5.45. The van der Waals surface area contributed by atoms with E-state index in [1.54, 1.807) is 24.3 Å². The molecule has 0 aromatic heterocycles. The van der Waals surface area contributed by atoms with Gasteiger partial charge in [-0.2, -0.15) is 0 Å². The van der Waals surface area contributed by atoms with Crippen LogP contribution in [0.15, 0.2) is 41.3 Å². The second kappa shape index (κ2) is 7.94. The number of nitrogens with one attached hydrogen (secondary N) is 1. The largest absolute Gasteiger partial charge is 1.00 e. The second-order valence-corrected chi connectivity index (χ2v) is 5.17. The van der Waals surface area contributed by atoms with Crippen LogP contribution in [0.2, 0.25) is 0 Å². The van der Waals surface area contributed by atoms with E-state index < -0.39 is 10.1 Å². The van der Waals surface area contributed by atoms with Crippen molar-refractivity contribution in [3.63, 3.8) is 0 Å². The molecule has 0 unspecified atom stereocenters. The van der Waals surface area contributed by atoms with Crippen LogP contribution in [0.3, 0.4) is 0 Å². The number of hydrogen-bond acceptors (Lipinski definition) is 5. The molecule has 0 saturated carbocycles. The summed E-state index contributed by atoms with van der Waals surface area (Å²) < 4.78 is 33.5. The fraction of sp³-hybridized carbons (Fsp3) is 0.167.